The summed E-state index contributed by atoms with van der Waals surface area (Å²) in [5, 5.41) is 0.0511. The minimum absolute atomic E-state index is 0.0511. The van der Waals surface area contributed by atoms with Crippen molar-refractivity contribution in [1.29, 1.82) is 0 Å². The molecular formula is C24H28F4N2O. The summed E-state index contributed by atoms with van der Waals surface area (Å²) < 4.78 is 60.7. The summed E-state index contributed by atoms with van der Waals surface area (Å²) in [5.41, 5.74) is 0.315. The first-order valence-corrected chi connectivity index (χ1v) is 10.4. The van der Waals surface area contributed by atoms with E-state index >= 15 is 0 Å². The summed E-state index contributed by atoms with van der Waals surface area (Å²) in [4.78, 5) is 8.03. The monoisotopic (exact) mass is 436 g/mol. The highest BCUT2D eigenvalue weighted by molar-refractivity contribution is 5.94. The van der Waals surface area contributed by atoms with Gasteiger partial charge >= 0.3 is 0 Å². The Bertz CT molecular complexity index is 1010. The minimum atomic E-state index is -2.81. The fourth-order valence-corrected chi connectivity index (χ4v) is 3.43. The molecule has 3 aromatic rings. The lowest BCUT2D eigenvalue weighted by Crippen LogP contribution is -2.12. The molecule has 31 heavy (non-hydrogen) atoms. The fraction of sp³-hybridized carbons (Fsp3) is 0.417. The summed E-state index contributed by atoms with van der Waals surface area (Å²) in [5.74, 6) is -1.05. The van der Waals surface area contributed by atoms with E-state index in [1.807, 2.05) is 20.8 Å². The van der Waals surface area contributed by atoms with Crippen LogP contribution in [0.15, 0.2) is 36.7 Å². The van der Waals surface area contributed by atoms with Crippen molar-refractivity contribution in [3.05, 3.63) is 53.9 Å². The van der Waals surface area contributed by atoms with E-state index in [4.69, 9.17) is 4.74 Å². The SMILES string of the molecule is CC.CC(C)CC(C)COc1ncc(-c2ccnc3cc(F)cc(F)c23)cc1C(F)F. The van der Waals surface area contributed by atoms with Crippen LogP contribution in [-0.4, -0.2) is 16.6 Å². The molecule has 0 bridgehead atoms. The van der Waals surface area contributed by atoms with Gasteiger partial charge in [-0.05, 0) is 36.0 Å². The Hall–Kier alpha value is -2.70. The Labute approximate surface area is 180 Å². The van der Waals surface area contributed by atoms with Gasteiger partial charge in [0, 0.05) is 35.5 Å². The first-order chi connectivity index (χ1) is 14.8. The van der Waals surface area contributed by atoms with Crippen molar-refractivity contribution in [2.45, 2.75) is 47.5 Å². The lowest BCUT2D eigenvalue weighted by Gasteiger charge is -2.17. The third-order valence-electron chi connectivity index (χ3n) is 4.56. The molecule has 7 heteroatoms. The second kappa shape index (κ2) is 11.1. The van der Waals surface area contributed by atoms with Crippen molar-refractivity contribution in [1.82, 2.24) is 9.97 Å². The number of rotatable bonds is 7. The standard InChI is InChI=1S/C22H22F4N2O.C2H6/c1-12(2)6-13(3)11-29-22-17(21(25)26)7-14(10-28-22)16-4-5-27-19-9-15(23)8-18(24)20(16)19;1-2/h4-5,7-10,12-13,21H,6,11H2,1-3H3;1-2H3. The molecule has 2 heterocycles. The molecule has 0 N–H and O–H groups in total. The van der Waals surface area contributed by atoms with E-state index in [0.29, 0.717) is 11.5 Å². The summed E-state index contributed by atoms with van der Waals surface area (Å²) in [6, 6.07) is 4.55. The molecule has 0 fully saturated rings. The molecule has 3 rings (SSSR count). The number of ether oxygens (including phenoxy) is 1. The third-order valence-corrected chi connectivity index (χ3v) is 4.56. The van der Waals surface area contributed by atoms with Crippen molar-refractivity contribution >= 4 is 10.9 Å². The normalized spacial score (nSPS) is 12.1. The maximum atomic E-state index is 14.4. The third kappa shape index (κ3) is 6.15. The number of hydrogen-bond donors (Lipinski definition) is 0. The van der Waals surface area contributed by atoms with Crippen LogP contribution in [0.5, 0.6) is 5.88 Å². The summed E-state index contributed by atoms with van der Waals surface area (Å²) in [6.45, 7) is 10.4. The number of nitrogens with zero attached hydrogens (tertiary/aromatic N) is 2. The van der Waals surface area contributed by atoms with Crippen molar-refractivity contribution in [2.75, 3.05) is 6.61 Å². The first-order valence-electron chi connectivity index (χ1n) is 10.4. The Kier molecular flexibility index (Phi) is 8.77. The number of alkyl halides is 2. The summed E-state index contributed by atoms with van der Waals surface area (Å²) in [7, 11) is 0. The van der Waals surface area contributed by atoms with Gasteiger partial charge in [0.2, 0.25) is 5.88 Å². The van der Waals surface area contributed by atoms with Gasteiger partial charge in [-0.15, -0.1) is 0 Å². The van der Waals surface area contributed by atoms with Gasteiger partial charge in [-0.1, -0.05) is 34.6 Å². The predicted octanol–water partition coefficient (Wildman–Crippen LogP) is 7.60. The zero-order chi connectivity index (χ0) is 23.1. The molecule has 0 radical (unpaired) electrons. The smallest absolute Gasteiger partial charge is 0.269 e. The van der Waals surface area contributed by atoms with E-state index < -0.39 is 18.1 Å². The largest absolute Gasteiger partial charge is 0.477 e. The average molecular weight is 436 g/mol. The molecule has 168 valence electrons. The van der Waals surface area contributed by atoms with Gasteiger partial charge < -0.3 is 4.74 Å². The number of fused-ring (bicyclic) bond motifs is 1. The Balaban J connectivity index is 0.00000166. The van der Waals surface area contributed by atoms with E-state index in [0.717, 1.165) is 18.6 Å². The highest BCUT2D eigenvalue weighted by Crippen LogP contribution is 2.35. The average Bonchev–Trinajstić information content (AvgIpc) is 2.72. The maximum absolute atomic E-state index is 14.4. The topological polar surface area (TPSA) is 35.0 Å². The molecule has 3 nitrogen and oxygen atoms in total. The molecule has 0 aliphatic heterocycles. The molecule has 0 spiro atoms. The van der Waals surface area contributed by atoms with E-state index in [2.05, 4.69) is 23.8 Å². The second-order valence-electron chi connectivity index (χ2n) is 7.61. The molecule has 0 aliphatic carbocycles. The fourth-order valence-electron chi connectivity index (χ4n) is 3.43. The van der Waals surface area contributed by atoms with Crippen LogP contribution in [-0.2, 0) is 0 Å². The van der Waals surface area contributed by atoms with Crippen LogP contribution in [0.4, 0.5) is 17.6 Å². The number of hydrogen-bond acceptors (Lipinski definition) is 3. The number of aromatic nitrogens is 2. The van der Waals surface area contributed by atoms with Crippen LogP contribution < -0.4 is 4.74 Å². The van der Waals surface area contributed by atoms with Gasteiger partial charge in [0.15, 0.2) is 0 Å². The molecule has 1 aromatic carbocycles. The van der Waals surface area contributed by atoms with Crippen LogP contribution in [0, 0.1) is 23.5 Å². The van der Waals surface area contributed by atoms with Gasteiger partial charge in [0.05, 0.1) is 17.7 Å². The van der Waals surface area contributed by atoms with E-state index in [9.17, 15) is 17.6 Å². The number of benzene rings is 1. The summed E-state index contributed by atoms with van der Waals surface area (Å²) in [6.07, 6.45) is 0.817. The van der Waals surface area contributed by atoms with Crippen LogP contribution in [0.1, 0.15) is 53.0 Å². The van der Waals surface area contributed by atoms with Crippen LogP contribution in [0.2, 0.25) is 0 Å². The zero-order valence-electron chi connectivity index (χ0n) is 18.4. The van der Waals surface area contributed by atoms with Gasteiger partial charge in [-0.25, -0.2) is 22.5 Å². The summed E-state index contributed by atoms with van der Waals surface area (Å²) >= 11 is 0. The second-order valence-corrected chi connectivity index (χ2v) is 7.61. The van der Waals surface area contributed by atoms with Crippen molar-refractivity contribution in [3.8, 4) is 17.0 Å². The minimum Gasteiger partial charge on any atom is -0.477 e. The van der Waals surface area contributed by atoms with E-state index in [1.54, 1.807) is 0 Å². The van der Waals surface area contributed by atoms with E-state index in [-0.39, 0.29) is 40.4 Å². The van der Waals surface area contributed by atoms with E-state index in [1.165, 1.54) is 24.5 Å². The van der Waals surface area contributed by atoms with Crippen LogP contribution in [0.25, 0.3) is 22.0 Å². The molecule has 2 aromatic heterocycles. The maximum Gasteiger partial charge on any atom is 0.269 e. The van der Waals surface area contributed by atoms with Crippen molar-refractivity contribution < 1.29 is 22.3 Å². The lowest BCUT2D eigenvalue weighted by atomic mass is 10.00. The Morgan fingerprint density at radius 2 is 1.71 bits per heavy atom. The van der Waals surface area contributed by atoms with Crippen LogP contribution >= 0.6 is 0 Å². The number of pyridine rings is 2. The first kappa shape index (κ1) is 24.6. The van der Waals surface area contributed by atoms with Crippen LogP contribution in [0.3, 0.4) is 0 Å². The Morgan fingerprint density at radius 3 is 2.35 bits per heavy atom. The van der Waals surface area contributed by atoms with Gasteiger partial charge in [0.1, 0.15) is 11.6 Å². The van der Waals surface area contributed by atoms with Gasteiger partial charge in [-0.2, -0.15) is 0 Å². The molecule has 0 amide bonds. The van der Waals surface area contributed by atoms with Crippen molar-refractivity contribution in [3.63, 3.8) is 0 Å². The quantitative estimate of drug-likeness (QED) is 0.358. The van der Waals surface area contributed by atoms with Gasteiger partial charge in [0.25, 0.3) is 6.43 Å². The van der Waals surface area contributed by atoms with Crippen molar-refractivity contribution in [2.24, 2.45) is 11.8 Å². The highest BCUT2D eigenvalue weighted by atomic mass is 19.3. The molecule has 0 saturated heterocycles. The molecular weight excluding hydrogens is 408 g/mol. The highest BCUT2D eigenvalue weighted by Gasteiger charge is 2.20. The predicted molar refractivity (Wildman–Crippen MR) is 115 cm³/mol. The Morgan fingerprint density at radius 1 is 1.00 bits per heavy atom. The molecule has 0 aliphatic rings. The molecule has 0 saturated carbocycles. The molecule has 1 atom stereocenters. The zero-order valence-corrected chi connectivity index (χ0v) is 18.4. The number of halogens is 4. The molecule has 1 unspecified atom stereocenters. The van der Waals surface area contributed by atoms with Gasteiger partial charge in [-0.3, -0.25) is 4.98 Å². The lowest BCUT2D eigenvalue weighted by molar-refractivity contribution is 0.140.